The monoisotopic (exact) mass is 315 g/mol. The van der Waals surface area contributed by atoms with Crippen molar-refractivity contribution in [2.24, 2.45) is 0 Å². The molecule has 2 aromatic rings. The first-order chi connectivity index (χ1) is 10.7. The third kappa shape index (κ3) is 2.81. The Morgan fingerprint density at radius 2 is 2.09 bits per heavy atom. The van der Waals surface area contributed by atoms with E-state index in [4.69, 9.17) is 4.74 Å². The molecule has 1 saturated carbocycles. The third-order valence-corrected chi connectivity index (χ3v) is 5.52. The predicted octanol–water partition coefficient (Wildman–Crippen LogP) is 3.59. The number of hydrogen-bond donors (Lipinski definition) is 1. The molecular formula is C18H21NO2S. The van der Waals surface area contributed by atoms with Crippen molar-refractivity contribution in [3.8, 4) is 0 Å². The summed E-state index contributed by atoms with van der Waals surface area (Å²) in [6.45, 7) is 2.57. The average molecular weight is 315 g/mol. The molecule has 0 radical (unpaired) electrons. The lowest BCUT2D eigenvalue weighted by Gasteiger charge is -2.20. The van der Waals surface area contributed by atoms with E-state index in [1.165, 1.54) is 10.4 Å². The summed E-state index contributed by atoms with van der Waals surface area (Å²) in [6.07, 6.45) is 1.78. The number of methoxy groups -OCH3 is 1. The fourth-order valence-electron chi connectivity index (χ4n) is 2.88. The molecule has 1 aromatic heterocycles. The molecule has 3 nitrogen and oxygen atoms in total. The first kappa shape index (κ1) is 15.3. The Kier molecular flexibility index (Phi) is 4.32. The van der Waals surface area contributed by atoms with E-state index in [1.54, 1.807) is 18.4 Å². The van der Waals surface area contributed by atoms with Crippen molar-refractivity contribution >= 4 is 17.2 Å². The van der Waals surface area contributed by atoms with Crippen LogP contribution < -0.4 is 5.32 Å². The molecule has 1 aromatic carbocycles. The molecule has 1 atom stereocenters. The molecule has 1 fully saturated rings. The molecule has 1 aliphatic carbocycles. The van der Waals surface area contributed by atoms with Gasteiger partial charge in [0.15, 0.2) is 0 Å². The normalized spacial score (nSPS) is 17.0. The summed E-state index contributed by atoms with van der Waals surface area (Å²) in [5, 5.41) is 5.13. The van der Waals surface area contributed by atoms with E-state index in [1.807, 2.05) is 23.6 Å². The maximum atomic E-state index is 12.6. The summed E-state index contributed by atoms with van der Waals surface area (Å²) < 4.78 is 5.58. The highest BCUT2D eigenvalue weighted by molar-refractivity contribution is 7.10. The Balaban J connectivity index is 1.67. The van der Waals surface area contributed by atoms with E-state index >= 15 is 0 Å². The molecule has 4 heteroatoms. The Morgan fingerprint density at radius 1 is 1.32 bits per heavy atom. The Labute approximate surface area is 135 Å². The van der Waals surface area contributed by atoms with Gasteiger partial charge in [0.1, 0.15) is 0 Å². The van der Waals surface area contributed by atoms with Gasteiger partial charge in [0.05, 0.1) is 11.5 Å². The number of thiophene rings is 1. The van der Waals surface area contributed by atoms with Crippen molar-refractivity contribution in [1.82, 2.24) is 5.32 Å². The van der Waals surface area contributed by atoms with Crippen LogP contribution in [0.25, 0.3) is 0 Å². The van der Waals surface area contributed by atoms with Gasteiger partial charge in [-0.05, 0) is 42.3 Å². The molecule has 3 rings (SSSR count). The summed E-state index contributed by atoms with van der Waals surface area (Å²) in [5.74, 6) is 0.130. The Morgan fingerprint density at radius 3 is 2.68 bits per heavy atom. The number of ether oxygens (including phenoxy) is 1. The van der Waals surface area contributed by atoms with Crippen molar-refractivity contribution < 1.29 is 9.53 Å². The molecule has 1 heterocycles. The van der Waals surface area contributed by atoms with Crippen LogP contribution in [0.3, 0.4) is 0 Å². The summed E-state index contributed by atoms with van der Waals surface area (Å²) in [7, 11) is 1.69. The van der Waals surface area contributed by atoms with E-state index in [-0.39, 0.29) is 17.4 Å². The first-order valence-electron chi connectivity index (χ1n) is 7.58. The minimum Gasteiger partial charge on any atom is -0.375 e. The maximum absolute atomic E-state index is 12.6. The molecule has 22 heavy (non-hydrogen) atoms. The second-order valence-electron chi connectivity index (χ2n) is 5.85. The zero-order chi connectivity index (χ0) is 15.6. The van der Waals surface area contributed by atoms with Crippen molar-refractivity contribution in [3.05, 3.63) is 57.8 Å². The van der Waals surface area contributed by atoms with Gasteiger partial charge in [-0.15, -0.1) is 11.3 Å². The SMILES string of the molecule is COC(CNC(=O)C1(c2cccs2)CC1)c1ccccc1C. The highest BCUT2D eigenvalue weighted by Gasteiger charge is 2.52. The molecule has 0 saturated heterocycles. The van der Waals surface area contributed by atoms with Crippen LogP contribution in [0.15, 0.2) is 41.8 Å². The van der Waals surface area contributed by atoms with Gasteiger partial charge in [-0.1, -0.05) is 30.3 Å². The van der Waals surface area contributed by atoms with Gasteiger partial charge >= 0.3 is 0 Å². The van der Waals surface area contributed by atoms with Crippen LogP contribution in [0, 0.1) is 6.92 Å². The van der Waals surface area contributed by atoms with Gasteiger partial charge in [0.2, 0.25) is 5.91 Å². The zero-order valence-corrected chi connectivity index (χ0v) is 13.8. The second kappa shape index (κ2) is 6.23. The minimum absolute atomic E-state index is 0.107. The van der Waals surface area contributed by atoms with Crippen molar-refractivity contribution in [3.63, 3.8) is 0 Å². The van der Waals surface area contributed by atoms with Crippen LogP contribution in [-0.2, 0) is 14.9 Å². The lowest BCUT2D eigenvalue weighted by atomic mass is 10.0. The lowest BCUT2D eigenvalue weighted by molar-refractivity contribution is -0.124. The zero-order valence-electron chi connectivity index (χ0n) is 13.0. The van der Waals surface area contributed by atoms with Gasteiger partial charge in [0, 0.05) is 18.5 Å². The number of carbonyl (C=O) groups excluding carboxylic acids is 1. The molecule has 1 amide bonds. The molecule has 0 spiro atoms. The largest absolute Gasteiger partial charge is 0.375 e. The van der Waals surface area contributed by atoms with Crippen molar-refractivity contribution in [2.45, 2.75) is 31.3 Å². The van der Waals surface area contributed by atoms with E-state index in [0.717, 1.165) is 18.4 Å². The molecule has 1 N–H and O–H groups in total. The summed E-state index contributed by atoms with van der Waals surface area (Å²) in [4.78, 5) is 13.8. The number of nitrogens with one attached hydrogen (secondary N) is 1. The van der Waals surface area contributed by atoms with Crippen LogP contribution in [0.1, 0.15) is 34.9 Å². The van der Waals surface area contributed by atoms with Crippen LogP contribution in [0.5, 0.6) is 0 Å². The number of hydrogen-bond acceptors (Lipinski definition) is 3. The number of benzene rings is 1. The number of aryl methyl sites for hydroxylation is 1. The third-order valence-electron chi connectivity index (χ3n) is 4.45. The number of amides is 1. The summed E-state index contributed by atoms with van der Waals surface area (Å²) >= 11 is 1.67. The van der Waals surface area contributed by atoms with E-state index < -0.39 is 0 Å². The molecule has 1 unspecified atom stereocenters. The number of carbonyl (C=O) groups is 1. The van der Waals surface area contributed by atoms with Gasteiger partial charge in [-0.2, -0.15) is 0 Å². The van der Waals surface area contributed by atoms with Crippen molar-refractivity contribution in [1.29, 1.82) is 0 Å². The average Bonchev–Trinajstić information content (AvgIpc) is 3.16. The van der Waals surface area contributed by atoms with Crippen LogP contribution in [0.2, 0.25) is 0 Å². The van der Waals surface area contributed by atoms with Gasteiger partial charge in [-0.3, -0.25) is 4.79 Å². The van der Waals surface area contributed by atoms with Gasteiger partial charge in [-0.25, -0.2) is 0 Å². The minimum atomic E-state index is -0.280. The predicted molar refractivity (Wildman–Crippen MR) is 89.2 cm³/mol. The molecular weight excluding hydrogens is 294 g/mol. The number of rotatable bonds is 6. The molecule has 116 valence electrons. The fraction of sp³-hybridized carbons (Fsp3) is 0.389. The highest BCUT2D eigenvalue weighted by atomic mass is 32.1. The standard InChI is InChI=1S/C18H21NO2S/c1-13-6-3-4-7-14(13)15(21-2)12-19-17(20)18(9-10-18)16-8-5-11-22-16/h3-8,11,15H,9-10,12H2,1-2H3,(H,19,20). The lowest BCUT2D eigenvalue weighted by Crippen LogP contribution is -2.37. The van der Waals surface area contributed by atoms with Crippen LogP contribution in [-0.4, -0.2) is 19.6 Å². The highest BCUT2D eigenvalue weighted by Crippen LogP contribution is 2.50. The maximum Gasteiger partial charge on any atom is 0.231 e. The van der Waals surface area contributed by atoms with Crippen LogP contribution in [0.4, 0.5) is 0 Å². The van der Waals surface area contributed by atoms with Gasteiger partial charge < -0.3 is 10.1 Å². The molecule has 1 aliphatic rings. The van der Waals surface area contributed by atoms with Crippen LogP contribution >= 0.6 is 11.3 Å². The fourth-order valence-corrected chi connectivity index (χ4v) is 3.87. The Hall–Kier alpha value is -1.65. The van der Waals surface area contributed by atoms with E-state index in [0.29, 0.717) is 6.54 Å². The van der Waals surface area contributed by atoms with E-state index in [2.05, 4.69) is 30.4 Å². The quantitative estimate of drug-likeness (QED) is 0.884. The summed E-state index contributed by atoms with van der Waals surface area (Å²) in [5.41, 5.74) is 2.03. The Bertz CT molecular complexity index is 647. The second-order valence-corrected chi connectivity index (χ2v) is 6.80. The summed E-state index contributed by atoms with van der Waals surface area (Å²) in [6, 6.07) is 12.2. The van der Waals surface area contributed by atoms with E-state index in [9.17, 15) is 4.79 Å². The topological polar surface area (TPSA) is 38.3 Å². The first-order valence-corrected chi connectivity index (χ1v) is 8.46. The van der Waals surface area contributed by atoms with Crippen molar-refractivity contribution in [2.75, 3.05) is 13.7 Å². The molecule has 0 aliphatic heterocycles. The molecule has 0 bridgehead atoms. The smallest absolute Gasteiger partial charge is 0.231 e. The van der Waals surface area contributed by atoms with Gasteiger partial charge in [0.25, 0.3) is 0 Å².